The van der Waals surface area contributed by atoms with Crippen molar-refractivity contribution < 1.29 is 9.90 Å². The van der Waals surface area contributed by atoms with E-state index in [1.807, 2.05) is 30.0 Å². The number of nitrogens with zero attached hydrogens (tertiary/aromatic N) is 2. The summed E-state index contributed by atoms with van der Waals surface area (Å²) in [5, 5.41) is 9.55. The fourth-order valence-corrected chi connectivity index (χ4v) is 2.89. The first-order valence-electron chi connectivity index (χ1n) is 6.36. The largest absolute Gasteiger partial charge is 0.394 e. The van der Waals surface area contributed by atoms with Crippen molar-refractivity contribution in [1.29, 1.82) is 0 Å². The number of halogens is 1. The van der Waals surface area contributed by atoms with Crippen LogP contribution in [0.5, 0.6) is 0 Å². The molecule has 1 N–H and O–H groups in total. The number of amides is 1. The zero-order valence-electron chi connectivity index (χ0n) is 11.4. The van der Waals surface area contributed by atoms with Crippen molar-refractivity contribution in [3.05, 3.63) is 28.2 Å². The van der Waals surface area contributed by atoms with Crippen LogP contribution in [0.3, 0.4) is 0 Å². The number of carbonyl (C=O) groups excluding carboxylic acids is 1. The maximum atomic E-state index is 12.2. The average Bonchev–Trinajstić information content (AvgIpc) is 2.37. The van der Waals surface area contributed by atoms with E-state index in [-0.39, 0.29) is 18.6 Å². The van der Waals surface area contributed by atoms with E-state index in [0.29, 0.717) is 6.54 Å². The molecule has 0 saturated carbocycles. The molecule has 0 aliphatic carbocycles. The van der Waals surface area contributed by atoms with Gasteiger partial charge in [-0.3, -0.25) is 4.79 Å². The summed E-state index contributed by atoms with van der Waals surface area (Å²) in [4.78, 5) is 15.9. The lowest BCUT2D eigenvalue weighted by Crippen LogP contribution is -2.61. The van der Waals surface area contributed by atoms with Gasteiger partial charge < -0.3 is 14.9 Å². The number of hydrogen-bond acceptors (Lipinski definition) is 3. The molecule has 1 saturated heterocycles. The van der Waals surface area contributed by atoms with Crippen molar-refractivity contribution in [1.82, 2.24) is 4.90 Å². The highest BCUT2D eigenvalue weighted by molar-refractivity contribution is 9.10. The molecule has 2 rings (SSSR count). The lowest BCUT2D eigenvalue weighted by molar-refractivity contribution is -0.134. The number of aliphatic hydroxyl groups is 1. The molecule has 0 radical (unpaired) electrons. The van der Waals surface area contributed by atoms with Gasteiger partial charge in [0.15, 0.2) is 0 Å². The first kappa shape index (κ1) is 14.3. The van der Waals surface area contributed by atoms with Crippen LogP contribution in [0, 0.1) is 6.92 Å². The molecule has 1 aromatic carbocycles. The lowest BCUT2D eigenvalue weighted by Gasteiger charge is -2.44. The number of anilines is 1. The molecule has 5 heteroatoms. The third-order valence-electron chi connectivity index (χ3n) is 3.62. The Morgan fingerprint density at radius 3 is 2.74 bits per heavy atom. The first-order valence-corrected chi connectivity index (χ1v) is 7.15. The maximum Gasteiger partial charge on any atom is 0.247 e. The molecular formula is C14H19BrN2O2. The maximum absolute atomic E-state index is 12.2. The average molecular weight is 327 g/mol. The van der Waals surface area contributed by atoms with Crippen LogP contribution in [0.4, 0.5) is 5.69 Å². The van der Waals surface area contributed by atoms with Crippen molar-refractivity contribution in [3.63, 3.8) is 0 Å². The van der Waals surface area contributed by atoms with Crippen molar-refractivity contribution >= 4 is 27.5 Å². The van der Waals surface area contributed by atoms with E-state index in [9.17, 15) is 9.90 Å². The van der Waals surface area contributed by atoms with Gasteiger partial charge in [-0.2, -0.15) is 0 Å². The summed E-state index contributed by atoms with van der Waals surface area (Å²) in [5.41, 5.74) is 2.10. The smallest absolute Gasteiger partial charge is 0.247 e. The van der Waals surface area contributed by atoms with Crippen molar-refractivity contribution in [2.24, 2.45) is 0 Å². The molecule has 1 fully saturated rings. The van der Waals surface area contributed by atoms with E-state index in [2.05, 4.69) is 22.9 Å². The fraction of sp³-hybridized carbons (Fsp3) is 0.500. The molecule has 19 heavy (non-hydrogen) atoms. The molecule has 2 unspecified atom stereocenters. The standard InChI is InChI=1S/C14H19BrN2O2/c1-9-6-11(4-5-12(9)15)17-10(2)7-16(3)14(19)13(17)8-18/h4-6,10,13,18H,7-8H2,1-3H3. The Balaban J connectivity index is 2.39. The summed E-state index contributed by atoms with van der Waals surface area (Å²) in [6.07, 6.45) is 0. The molecular weight excluding hydrogens is 308 g/mol. The SMILES string of the molecule is Cc1cc(N2C(C)CN(C)C(=O)C2CO)ccc1Br. The van der Waals surface area contributed by atoms with Gasteiger partial charge in [0.1, 0.15) is 6.04 Å². The highest BCUT2D eigenvalue weighted by Gasteiger charge is 2.36. The Morgan fingerprint density at radius 2 is 2.16 bits per heavy atom. The minimum Gasteiger partial charge on any atom is -0.394 e. The zero-order valence-corrected chi connectivity index (χ0v) is 13.0. The van der Waals surface area contributed by atoms with Crippen LogP contribution in [-0.2, 0) is 4.79 Å². The minimum atomic E-state index is -0.491. The Hall–Kier alpha value is -1.07. The number of carbonyl (C=O) groups is 1. The van der Waals surface area contributed by atoms with Crippen LogP contribution in [0.25, 0.3) is 0 Å². The third kappa shape index (κ3) is 2.62. The van der Waals surface area contributed by atoms with Gasteiger partial charge in [-0.15, -0.1) is 0 Å². The molecule has 4 nitrogen and oxygen atoms in total. The minimum absolute atomic E-state index is 0.0267. The van der Waals surface area contributed by atoms with Gasteiger partial charge in [0.2, 0.25) is 5.91 Å². The van der Waals surface area contributed by atoms with E-state index in [4.69, 9.17) is 0 Å². The van der Waals surface area contributed by atoms with Crippen LogP contribution in [0.1, 0.15) is 12.5 Å². The predicted molar refractivity (Wildman–Crippen MR) is 79.3 cm³/mol. The van der Waals surface area contributed by atoms with Crippen molar-refractivity contribution in [2.75, 3.05) is 25.1 Å². The Kier molecular flexibility index (Phi) is 4.16. The molecule has 1 amide bonds. The highest BCUT2D eigenvalue weighted by Crippen LogP contribution is 2.28. The number of hydrogen-bond donors (Lipinski definition) is 1. The zero-order chi connectivity index (χ0) is 14.2. The second kappa shape index (κ2) is 5.51. The lowest BCUT2D eigenvalue weighted by atomic mass is 10.0. The van der Waals surface area contributed by atoms with Gasteiger partial charge in [-0.25, -0.2) is 0 Å². The van der Waals surface area contributed by atoms with Crippen molar-refractivity contribution in [3.8, 4) is 0 Å². The number of benzene rings is 1. The molecule has 1 heterocycles. The summed E-state index contributed by atoms with van der Waals surface area (Å²) < 4.78 is 1.05. The van der Waals surface area contributed by atoms with Gasteiger partial charge in [-0.1, -0.05) is 15.9 Å². The normalized spacial score (nSPS) is 23.9. The second-order valence-electron chi connectivity index (χ2n) is 5.11. The Bertz CT molecular complexity index is 492. The highest BCUT2D eigenvalue weighted by atomic mass is 79.9. The van der Waals surface area contributed by atoms with Gasteiger partial charge in [0, 0.05) is 29.8 Å². The van der Waals surface area contributed by atoms with Crippen molar-refractivity contribution in [2.45, 2.75) is 25.9 Å². The molecule has 1 aromatic rings. The summed E-state index contributed by atoms with van der Waals surface area (Å²) in [5.74, 6) is -0.0267. The summed E-state index contributed by atoms with van der Waals surface area (Å²) >= 11 is 3.48. The molecule has 1 aliphatic rings. The van der Waals surface area contributed by atoms with Crippen LogP contribution >= 0.6 is 15.9 Å². The topological polar surface area (TPSA) is 43.8 Å². The van der Waals surface area contributed by atoms with E-state index >= 15 is 0 Å². The quantitative estimate of drug-likeness (QED) is 0.901. The summed E-state index contributed by atoms with van der Waals surface area (Å²) in [6, 6.07) is 5.69. The van der Waals surface area contributed by atoms with E-state index in [0.717, 1.165) is 15.7 Å². The van der Waals surface area contributed by atoms with Crippen LogP contribution in [0.2, 0.25) is 0 Å². The predicted octanol–water partition coefficient (Wildman–Crippen LogP) is 1.79. The van der Waals surface area contributed by atoms with Crippen LogP contribution in [-0.4, -0.2) is 48.2 Å². The first-order chi connectivity index (χ1) is 8.95. The summed E-state index contributed by atoms with van der Waals surface area (Å²) in [7, 11) is 1.78. The molecule has 1 aliphatic heterocycles. The molecule has 0 bridgehead atoms. The monoisotopic (exact) mass is 326 g/mol. The summed E-state index contributed by atoms with van der Waals surface area (Å²) in [6.45, 7) is 4.60. The van der Waals surface area contributed by atoms with Gasteiger partial charge >= 0.3 is 0 Å². The molecule has 2 atom stereocenters. The Labute approximate surface area is 122 Å². The number of aryl methyl sites for hydroxylation is 1. The van der Waals surface area contributed by atoms with E-state index < -0.39 is 6.04 Å². The second-order valence-corrected chi connectivity index (χ2v) is 5.96. The van der Waals surface area contributed by atoms with Crippen LogP contribution < -0.4 is 4.90 Å². The Morgan fingerprint density at radius 1 is 1.47 bits per heavy atom. The molecule has 0 spiro atoms. The number of rotatable bonds is 2. The number of piperazine rings is 1. The van der Waals surface area contributed by atoms with Gasteiger partial charge in [0.05, 0.1) is 6.61 Å². The molecule has 104 valence electrons. The number of aliphatic hydroxyl groups excluding tert-OH is 1. The van der Waals surface area contributed by atoms with Gasteiger partial charge in [-0.05, 0) is 37.6 Å². The van der Waals surface area contributed by atoms with E-state index in [1.54, 1.807) is 11.9 Å². The number of likely N-dealkylation sites (N-methyl/N-ethyl adjacent to an activating group) is 1. The third-order valence-corrected chi connectivity index (χ3v) is 4.51. The van der Waals surface area contributed by atoms with E-state index in [1.165, 1.54) is 0 Å². The van der Waals surface area contributed by atoms with Gasteiger partial charge in [0.25, 0.3) is 0 Å². The fourth-order valence-electron chi connectivity index (χ4n) is 2.64. The molecule has 0 aromatic heterocycles. The van der Waals surface area contributed by atoms with Crippen LogP contribution in [0.15, 0.2) is 22.7 Å².